The van der Waals surface area contributed by atoms with Gasteiger partial charge in [-0.05, 0) is 24.6 Å². The topological polar surface area (TPSA) is 142 Å². The molecule has 4 rings (SSSR count). The maximum absolute atomic E-state index is 12.8. The largest absolute Gasteiger partial charge is 0.382 e. The molecule has 0 unspecified atom stereocenters. The molecule has 0 aliphatic carbocycles. The van der Waals surface area contributed by atoms with E-state index in [2.05, 4.69) is 26.2 Å². The van der Waals surface area contributed by atoms with E-state index < -0.39 is 10.0 Å². The van der Waals surface area contributed by atoms with E-state index in [9.17, 15) is 13.7 Å². The molecular formula is C21H22N8O2S. The van der Waals surface area contributed by atoms with Crippen LogP contribution in [0.15, 0.2) is 47.5 Å². The molecule has 164 valence electrons. The van der Waals surface area contributed by atoms with E-state index in [1.807, 2.05) is 42.2 Å². The molecular weight excluding hydrogens is 428 g/mol. The second-order valence-corrected chi connectivity index (χ2v) is 9.28. The van der Waals surface area contributed by atoms with Crippen molar-refractivity contribution in [2.24, 2.45) is 0 Å². The molecule has 0 atom stereocenters. The van der Waals surface area contributed by atoms with Gasteiger partial charge in [-0.3, -0.25) is 0 Å². The minimum absolute atomic E-state index is 0.135. The number of nitriles is 1. The zero-order chi connectivity index (χ0) is 22.7. The molecule has 0 bridgehead atoms. The van der Waals surface area contributed by atoms with Crippen molar-refractivity contribution in [1.82, 2.24) is 24.5 Å². The molecule has 1 saturated heterocycles. The van der Waals surface area contributed by atoms with Crippen molar-refractivity contribution in [2.75, 3.05) is 36.8 Å². The van der Waals surface area contributed by atoms with Crippen molar-refractivity contribution in [2.45, 2.75) is 18.4 Å². The summed E-state index contributed by atoms with van der Waals surface area (Å²) in [5, 5.41) is 16.9. The highest BCUT2D eigenvalue weighted by atomic mass is 32.2. The Hall–Kier alpha value is -3.62. The number of hydrogen-bond acceptors (Lipinski definition) is 9. The van der Waals surface area contributed by atoms with Crippen molar-refractivity contribution < 1.29 is 8.42 Å². The second-order valence-electron chi connectivity index (χ2n) is 7.40. The van der Waals surface area contributed by atoms with Crippen molar-refractivity contribution in [3.05, 3.63) is 65.0 Å². The van der Waals surface area contributed by atoms with Crippen LogP contribution in [0.2, 0.25) is 0 Å². The highest BCUT2D eigenvalue weighted by Crippen LogP contribution is 2.22. The van der Waals surface area contributed by atoms with Gasteiger partial charge in [-0.15, -0.1) is 10.2 Å². The van der Waals surface area contributed by atoms with Crippen molar-refractivity contribution in [1.29, 1.82) is 5.26 Å². The van der Waals surface area contributed by atoms with Crippen LogP contribution in [0.1, 0.15) is 22.5 Å². The Morgan fingerprint density at radius 2 is 1.75 bits per heavy atom. The first-order valence-electron chi connectivity index (χ1n) is 10.0. The predicted molar refractivity (Wildman–Crippen MR) is 118 cm³/mol. The van der Waals surface area contributed by atoms with Gasteiger partial charge in [0.1, 0.15) is 17.6 Å². The Morgan fingerprint density at radius 3 is 2.38 bits per heavy atom. The van der Waals surface area contributed by atoms with Crippen LogP contribution < -0.4 is 10.6 Å². The maximum Gasteiger partial charge on any atom is 0.262 e. The van der Waals surface area contributed by atoms with E-state index in [0.29, 0.717) is 31.2 Å². The fourth-order valence-corrected chi connectivity index (χ4v) is 4.85. The van der Waals surface area contributed by atoms with Gasteiger partial charge in [-0.1, -0.05) is 30.3 Å². The third kappa shape index (κ3) is 4.37. The molecule has 1 fully saturated rings. The van der Waals surface area contributed by atoms with E-state index in [1.165, 1.54) is 16.4 Å². The first kappa shape index (κ1) is 21.6. The molecule has 2 N–H and O–H groups in total. The number of aryl methyl sites for hydroxylation is 1. The zero-order valence-electron chi connectivity index (χ0n) is 17.5. The number of rotatable bonds is 5. The molecule has 0 spiro atoms. The van der Waals surface area contributed by atoms with Crippen LogP contribution in [0, 0.1) is 18.3 Å². The van der Waals surface area contributed by atoms with Gasteiger partial charge < -0.3 is 10.6 Å². The lowest BCUT2D eigenvalue weighted by atomic mass is 10.0. The van der Waals surface area contributed by atoms with Gasteiger partial charge in [0, 0.05) is 43.9 Å². The van der Waals surface area contributed by atoms with Gasteiger partial charge in [0.25, 0.3) is 10.0 Å². The molecule has 11 heteroatoms. The number of benzene rings is 1. The summed E-state index contributed by atoms with van der Waals surface area (Å²) < 4.78 is 27.0. The van der Waals surface area contributed by atoms with Crippen LogP contribution in [0.4, 0.5) is 11.8 Å². The summed E-state index contributed by atoms with van der Waals surface area (Å²) in [5.74, 6) is 0.588. The van der Waals surface area contributed by atoms with Crippen LogP contribution in [0.3, 0.4) is 0 Å². The number of nitrogens with two attached hydrogens (primary N) is 1. The van der Waals surface area contributed by atoms with Gasteiger partial charge in [0.15, 0.2) is 5.03 Å². The van der Waals surface area contributed by atoms with Gasteiger partial charge in [-0.25, -0.2) is 18.4 Å². The number of hydrogen-bond donors (Lipinski definition) is 1. The average Bonchev–Trinajstić information content (AvgIpc) is 2.81. The molecule has 32 heavy (non-hydrogen) atoms. The van der Waals surface area contributed by atoms with Crippen LogP contribution in [0.25, 0.3) is 0 Å². The van der Waals surface area contributed by atoms with E-state index >= 15 is 0 Å². The predicted octanol–water partition coefficient (Wildman–Crippen LogP) is 1.13. The average molecular weight is 451 g/mol. The number of anilines is 2. The van der Waals surface area contributed by atoms with Crippen LogP contribution in [-0.4, -0.2) is 59.1 Å². The molecule has 1 aliphatic heterocycles. The van der Waals surface area contributed by atoms with Gasteiger partial charge >= 0.3 is 0 Å². The summed E-state index contributed by atoms with van der Waals surface area (Å²) in [6.45, 7) is 3.13. The molecule has 1 aliphatic rings. The Kier molecular flexibility index (Phi) is 5.98. The minimum atomic E-state index is -3.76. The monoisotopic (exact) mass is 450 g/mol. The summed E-state index contributed by atoms with van der Waals surface area (Å²) in [5.41, 5.74) is 8.44. The molecule has 3 aromatic rings. The van der Waals surface area contributed by atoms with Crippen molar-refractivity contribution >= 4 is 21.8 Å². The summed E-state index contributed by atoms with van der Waals surface area (Å²) in [4.78, 5) is 11.0. The van der Waals surface area contributed by atoms with E-state index in [-0.39, 0.29) is 23.9 Å². The van der Waals surface area contributed by atoms with Gasteiger partial charge in [0.05, 0.1) is 0 Å². The smallest absolute Gasteiger partial charge is 0.262 e. The highest BCUT2D eigenvalue weighted by Gasteiger charge is 2.31. The maximum atomic E-state index is 12.8. The van der Waals surface area contributed by atoms with E-state index in [0.717, 1.165) is 16.8 Å². The lowest BCUT2D eigenvalue weighted by Crippen LogP contribution is -2.49. The zero-order valence-corrected chi connectivity index (χ0v) is 18.3. The van der Waals surface area contributed by atoms with Gasteiger partial charge in [-0.2, -0.15) is 9.57 Å². The van der Waals surface area contributed by atoms with E-state index in [1.54, 1.807) is 0 Å². The number of nitrogens with zero attached hydrogens (tertiary/aromatic N) is 7. The Labute approximate surface area is 186 Å². The summed E-state index contributed by atoms with van der Waals surface area (Å²) in [6.07, 6.45) is 0.574. The van der Waals surface area contributed by atoms with E-state index in [4.69, 9.17) is 5.73 Å². The third-order valence-corrected chi connectivity index (χ3v) is 7.11. The Morgan fingerprint density at radius 1 is 1.03 bits per heavy atom. The molecule has 10 nitrogen and oxygen atoms in total. The second kappa shape index (κ2) is 8.86. The number of piperazine rings is 1. The van der Waals surface area contributed by atoms with Crippen molar-refractivity contribution in [3.63, 3.8) is 0 Å². The summed E-state index contributed by atoms with van der Waals surface area (Å²) in [6, 6.07) is 14.8. The first-order chi connectivity index (χ1) is 15.4. The standard InChI is InChI=1S/C21H22N8O2S/c1-15-17(13-16-5-3-2-4-6-16)18(14-22)25-21(24-15)28-9-11-29(12-10-28)32(30,31)20-8-7-19(23)26-27-20/h2-8H,9-13H2,1H3,(H2,23,26). The molecule has 0 amide bonds. The first-order valence-corrected chi connectivity index (χ1v) is 11.5. The number of nitrogen functional groups attached to an aromatic ring is 1. The molecule has 0 radical (unpaired) electrons. The normalized spacial score (nSPS) is 14.8. The number of aromatic nitrogens is 4. The summed E-state index contributed by atoms with van der Waals surface area (Å²) >= 11 is 0. The van der Waals surface area contributed by atoms with Crippen LogP contribution >= 0.6 is 0 Å². The fraction of sp³-hybridized carbons (Fsp3) is 0.286. The molecule has 2 aromatic heterocycles. The molecule has 0 saturated carbocycles. The number of sulfonamides is 1. The van der Waals surface area contributed by atoms with Crippen molar-refractivity contribution in [3.8, 4) is 6.07 Å². The highest BCUT2D eigenvalue weighted by molar-refractivity contribution is 7.89. The molecule has 3 heterocycles. The molecule has 1 aromatic carbocycles. The Bertz CT molecular complexity index is 1250. The third-order valence-electron chi connectivity index (χ3n) is 5.32. The minimum Gasteiger partial charge on any atom is -0.382 e. The van der Waals surface area contributed by atoms with Crippen LogP contribution in [0.5, 0.6) is 0 Å². The van der Waals surface area contributed by atoms with Gasteiger partial charge in [0.2, 0.25) is 5.95 Å². The van der Waals surface area contributed by atoms with Crippen LogP contribution in [-0.2, 0) is 16.4 Å². The lowest BCUT2D eigenvalue weighted by Gasteiger charge is -2.33. The SMILES string of the molecule is Cc1nc(N2CCN(S(=O)(=O)c3ccc(N)nn3)CC2)nc(C#N)c1Cc1ccccc1. The quantitative estimate of drug-likeness (QED) is 0.605. The summed E-state index contributed by atoms with van der Waals surface area (Å²) in [7, 11) is -3.76. The Balaban J connectivity index is 1.50. The fourth-order valence-electron chi connectivity index (χ4n) is 3.56. The lowest BCUT2D eigenvalue weighted by molar-refractivity contribution is 0.380.